The van der Waals surface area contributed by atoms with Crippen LogP contribution < -0.4 is 15.5 Å². The molecule has 1 aliphatic heterocycles. The molecule has 0 aromatic heterocycles. The third-order valence-electron chi connectivity index (χ3n) is 4.98. The summed E-state index contributed by atoms with van der Waals surface area (Å²) < 4.78 is 11.2. The highest BCUT2D eigenvalue weighted by Crippen LogP contribution is 2.16. The Balaban J connectivity index is 1.41. The summed E-state index contributed by atoms with van der Waals surface area (Å²) in [6, 6.07) is 17.9. The van der Waals surface area contributed by atoms with Gasteiger partial charge in [0.05, 0.1) is 13.7 Å². The number of rotatable bonds is 10. The summed E-state index contributed by atoms with van der Waals surface area (Å²) in [5.74, 6) is 0.610. The number of carbonyl (C=O) groups is 1. The molecule has 2 N–H and O–H groups in total. The molecule has 2 aromatic rings. The first-order valence-corrected chi connectivity index (χ1v) is 10.5. The molecule has 6 heteroatoms. The molecule has 0 bridgehead atoms. The SMILES string of the molecule is COc1cccc(/C=C/C(=O)NN2CCCCC2OCCNCc2ccccc2)c1. The van der Waals surface area contributed by atoms with Crippen LogP contribution in [0.25, 0.3) is 6.08 Å². The topological polar surface area (TPSA) is 62.8 Å². The molecule has 1 aliphatic rings. The van der Waals surface area contributed by atoms with Crippen LogP contribution in [0.4, 0.5) is 0 Å². The van der Waals surface area contributed by atoms with Crippen molar-refractivity contribution in [2.45, 2.75) is 32.0 Å². The van der Waals surface area contributed by atoms with Crippen molar-refractivity contribution in [3.05, 3.63) is 71.8 Å². The number of nitrogens with one attached hydrogen (secondary N) is 2. The minimum atomic E-state index is -0.157. The van der Waals surface area contributed by atoms with Crippen molar-refractivity contribution in [2.75, 3.05) is 26.8 Å². The summed E-state index contributed by atoms with van der Waals surface area (Å²) in [5, 5.41) is 5.31. The van der Waals surface area contributed by atoms with Crippen molar-refractivity contribution in [3.8, 4) is 5.75 Å². The second-order valence-corrected chi connectivity index (χ2v) is 7.26. The van der Waals surface area contributed by atoms with Crippen molar-refractivity contribution >= 4 is 12.0 Å². The first kappa shape index (κ1) is 22.0. The Morgan fingerprint density at radius 2 is 2.03 bits per heavy atom. The van der Waals surface area contributed by atoms with E-state index in [1.807, 2.05) is 47.5 Å². The summed E-state index contributed by atoms with van der Waals surface area (Å²) in [6.45, 7) is 2.98. The van der Waals surface area contributed by atoms with E-state index in [4.69, 9.17) is 9.47 Å². The molecule has 1 amide bonds. The van der Waals surface area contributed by atoms with Gasteiger partial charge in [0, 0.05) is 25.7 Å². The van der Waals surface area contributed by atoms with Gasteiger partial charge in [0.15, 0.2) is 0 Å². The molecule has 30 heavy (non-hydrogen) atoms. The summed E-state index contributed by atoms with van der Waals surface area (Å²) in [7, 11) is 1.63. The highest BCUT2D eigenvalue weighted by molar-refractivity contribution is 5.91. The molecule has 160 valence electrons. The zero-order valence-electron chi connectivity index (χ0n) is 17.5. The number of piperidine rings is 1. The number of hydrazine groups is 1. The van der Waals surface area contributed by atoms with Crippen LogP contribution in [0.5, 0.6) is 5.75 Å². The van der Waals surface area contributed by atoms with Gasteiger partial charge in [0.1, 0.15) is 12.0 Å². The Bertz CT molecular complexity index is 810. The van der Waals surface area contributed by atoms with E-state index in [1.54, 1.807) is 19.3 Å². The average molecular weight is 410 g/mol. The largest absolute Gasteiger partial charge is 0.497 e. The lowest BCUT2D eigenvalue weighted by Crippen LogP contribution is -2.52. The predicted molar refractivity (Wildman–Crippen MR) is 119 cm³/mol. The zero-order valence-corrected chi connectivity index (χ0v) is 17.5. The third-order valence-corrected chi connectivity index (χ3v) is 4.98. The smallest absolute Gasteiger partial charge is 0.258 e. The molecule has 1 heterocycles. The predicted octanol–water partition coefficient (Wildman–Crippen LogP) is 3.36. The Morgan fingerprint density at radius 3 is 2.87 bits per heavy atom. The second kappa shape index (κ2) is 12.1. The molecule has 3 rings (SSSR count). The summed E-state index contributed by atoms with van der Waals surface area (Å²) in [4.78, 5) is 12.4. The van der Waals surface area contributed by atoms with E-state index >= 15 is 0 Å². The van der Waals surface area contributed by atoms with Gasteiger partial charge in [0.2, 0.25) is 0 Å². The Hall–Kier alpha value is -2.67. The van der Waals surface area contributed by atoms with Crippen LogP contribution >= 0.6 is 0 Å². The first-order chi connectivity index (χ1) is 14.7. The van der Waals surface area contributed by atoms with Crippen molar-refractivity contribution in [2.24, 2.45) is 0 Å². The molecule has 0 saturated carbocycles. The van der Waals surface area contributed by atoms with Crippen molar-refractivity contribution in [3.63, 3.8) is 0 Å². The lowest BCUT2D eigenvalue weighted by atomic mass is 10.1. The lowest BCUT2D eigenvalue weighted by molar-refractivity contribution is -0.137. The average Bonchev–Trinajstić information content (AvgIpc) is 2.79. The highest BCUT2D eigenvalue weighted by atomic mass is 16.5. The molecular weight excluding hydrogens is 378 g/mol. The monoisotopic (exact) mass is 409 g/mol. The number of hydrogen-bond acceptors (Lipinski definition) is 5. The number of amides is 1. The fraction of sp³-hybridized carbons (Fsp3) is 0.375. The van der Waals surface area contributed by atoms with Crippen LogP contribution in [-0.2, 0) is 16.1 Å². The van der Waals surface area contributed by atoms with Gasteiger partial charge in [-0.15, -0.1) is 0 Å². The van der Waals surface area contributed by atoms with Gasteiger partial charge in [-0.3, -0.25) is 10.2 Å². The minimum Gasteiger partial charge on any atom is -0.497 e. The molecule has 2 aromatic carbocycles. The number of ether oxygens (including phenoxy) is 2. The number of methoxy groups -OCH3 is 1. The lowest BCUT2D eigenvalue weighted by Gasteiger charge is -2.35. The van der Waals surface area contributed by atoms with Crippen LogP contribution in [0.15, 0.2) is 60.7 Å². The van der Waals surface area contributed by atoms with Crippen molar-refractivity contribution in [1.29, 1.82) is 0 Å². The van der Waals surface area contributed by atoms with Gasteiger partial charge in [-0.25, -0.2) is 0 Å². The molecular formula is C24H31N3O3. The Kier molecular flexibility index (Phi) is 8.90. The van der Waals surface area contributed by atoms with Gasteiger partial charge in [-0.2, -0.15) is 5.01 Å². The summed E-state index contributed by atoms with van der Waals surface area (Å²) in [5.41, 5.74) is 5.14. The van der Waals surface area contributed by atoms with E-state index in [0.29, 0.717) is 6.61 Å². The fourth-order valence-electron chi connectivity index (χ4n) is 3.39. The quantitative estimate of drug-likeness (QED) is 0.465. The molecule has 0 aliphatic carbocycles. The van der Waals surface area contributed by atoms with Crippen LogP contribution in [0, 0.1) is 0 Å². The number of nitrogens with zero attached hydrogens (tertiary/aromatic N) is 1. The van der Waals surface area contributed by atoms with Crippen molar-refractivity contribution < 1.29 is 14.3 Å². The van der Waals surface area contributed by atoms with Gasteiger partial charge in [0.25, 0.3) is 5.91 Å². The highest BCUT2D eigenvalue weighted by Gasteiger charge is 2.23. The van der Waals surface area contributed by atoms with Crippen LogP contribution in [-0.4, -0.2) is 44.0 Å². The molecule has 0 radical (unpaired) electrons. The maximum absolute atomic E-state index is 12.4. The van der Waals surface area contributed by atoms with E-state index in [2.05, 4.69) is 22.9 Å². The molecule has 1 atom stereocenters. The van der Waals surface area contributed by atoms with E-state index in [1.165, 1.54) is 5.56 Å². The number of hydrogen-bond donors (Lipinski definition) is 2. The summed E-state index contributed by atoms with van der Waals surface area (Å²) in [6.07, 6.45) is 6.30. The zero-order chi connectivity index (χ0) is 21.0. The minimum absolute atomic E-state index is 0.0913. The standard InChI is InChI=1S/C24H31N3O3/c1-29-22-11-7-10-20(18-22)13-14-23(28)26-27-16-6-5-12-24(27)30-17-15-25-19-21-8-3-2-4-9-21/h2-4,7-11,13-14,18,24-25H,5-6,12,15-17,19H2,1H3,(H,26,28)/b14-13+. The molecule has 1 unspecified atom stereocenters. The van der Waals surface area contributed by atoms with Gasteiger partial charge < -0.3 is 14.8 Å². The fourth-order valence-corrected chi connectivity index (χ4v) is 3.39. The second-order valence-electron chi connectivity index (χ2n) is 7.26. The van der Waals surface area contributed by atoms with Gasteiger partial charge >= 0.3 is 0 Å². The van der Waals surface area contributed by atoms with Gasteiger partial charge in [-0.05, 0) is 48.6 Å². The van der Waals surface area contributed by atoms with Crippen LogP contribution in [0.1, 0.15) is 30.4 Å². The third kappa shape index (κ3) is 7.30. The van der Waals surface area contributed by atoms with E-state index < -0.39 is 0 Å². The molecule has 1 fully saturated rings. The van der Waals surface area contributed by atoms with Gasteiger partial charge in [-0.1, -0.05) is 42.5 Å². The van der Waals surface area contributed by atoms with E-state index in [9.17, 15) is 4.79 Å². The first-order valence-electron chi connectivity index (χ1n) is 10.5. The maximum atomic E-state index is 12.4. The van der Waals surface area contributed by atoms with Crippen molar-refractivity contribution in [1.82, 2.24) is 15.8 Å². The summed E-state index contributed by atoms with van der Waals surface area (Å²) >= 11 is 0. The van der Waals surface area contributed by atoms with E-state index in [-0.39, 0.29) is 12.1 Å². The van der Waals surface area contributed by atoms with Crippen LogP contribution in [0.2, 0.25) is 0 Å². The van der Waals surface area contributed by atoms with E-state index in [0.717, 1.165) is 50.2 Å². The maximum Gasteiger partial charge on any atom is 0.258 e. The normalized spacial score (nSPS) is 17.2. The molecule has 6 nitrogen and oxygen atoms in total. The molecule has 1 saturated heterocycles. The Labute approximate surface area is 178 Å². The van der Waals surface area contributed by atoms with Crippen LogP contribution in [0.3, 0.4) is 0 Å². The molecule has 0 spiro atoms. The number of carbonyl (C=O) groups excluding carboxylic acids is 1. The number of benzene rings is 2. The Morgan fingerprint density at radius 1 is 1.17 bits per heavy atom.